The second-order valence-corrected chi connectivity index (χ2v) is 10.5. The molecule has 1 atom stereocenters. The van der Waals surface area contributed by atoms with E-state index in [1.807, 2.05) is 26.0 Å². The Kier molecular flexibility index (Phi) is 10.1. The first kappa shape index (κ1) is 28.1. The van der Waals surface area contributed by atoms with Crippen LogP contribution in [0.3, 0.4) is 0 Å². The van der Waals surface area contributed by atoms with E-state index < -0.39 is 21.9 Å². The molecule has 1 N–H and O–H groups in total. The fraction of sp³-hybridized carbons (Fsp3) is 0.440. The van der Waals surface area contributed by atoms with E-state index in [0.717, 1.165) is 16.1 Å². The first-order chi connectivity index (χ1) is 16.4. The summed E-state index contributed by atoms with van der Waals surface area (Å²) in [7, 11) is -2.09. The number of benzene rings is 2. The second-order valence-electron chi connectivity index (χ2n) is 8.63. The van der Waals surface area contributed by atoms with Gasteiger partial charge in [0, 0.05) is 25.6 Å². The third kappa shape index (κ3) is 8.54. The molecule has 0 fully saturated rings. The Balaban J connectivity index is 2.18. The lowest BCUT2D eigenvalue weighted by molar-refractivity contribution is -0.140. The van der Waals surface area contributed by atoms with Crippen LogP contribution in [0.2, 0.25) is 0 Å². The summed E-state index contributed by atoms with van der Waals surface area (Å²) in [6, 6.07) is 11.5. The number of carbonyl (C=O) groups excluding carboxylic acids is 2. The number of halogens is 1. The summed E-state index contributed by atoms with van der Waals surface area (Å²) >= 11 is 0. The van der Waals surface area contributed by atoms with E-state index in [0.29, 0.717) is 11.4 Å². The minimum Gasteiger partial charge on any atom is -0.497 e. The second kappa shape index (κ2) is 12.5. The van der Waals surface area contributed by atoms with Crippen molar-refractivity contribution >= 4 is 27.5 Å². The van der Waals surface area contributed by atoms with E-state index in [9.17, 15) is 22.4 Å². The molecule has 0 bridgehead atoms. The normalized spacial score (nSPS) is 12.2. The number of nitrogens with zero attached hydrogens (tertiary/aromatic N) is 2. The Hall–Kier alpha value is -3.14. The largest absolute Gasteiger partial charge is 0.497 e. The molecule has 2 rings (SSSR count). The number of carbonyl (C=O) groups is 2. The molecule has 10 heteroatoms. The van der Waals surface area contributed by atoms with Crippen LogP contribution in [0.5, 0.6) is 5.75 Å². The number of hydrogen-bond donors (Lipinski definition) is 1. The number of ether oxygens (including phenoxy) is 1. The molecule has 0 saturated carbocycles. The SMILES string of the molecule is COc1cccc(CN(C(=O)CCCN(c2ccc(F)cc2)S(C)(=O)=O)[C@@H](C)C(=O)NC(C)C)c1. The minimum absolute atomic E-state index is 0.0243. The quantitative estimate of drug-likeness (QED) is 0.476. The van der Waals surface area contributed by atoms with Gasteiger partial charge in [-0.3, -0.25) is 13.9 Å². The molecule has 0 unspecified atom stereocenters. The summed E-state index contributed by atoms with van der Waals surface area (Å²) in [6.07, 6.45) is 1.30. The van der Waals surface area contributed by atoms with Crippen LogP contribution >= 0.6 is 0 Å². The molecule has 192 valence electrons. The fourth-order valence-corrected chi connectivity index (χ4v) is 4.53. The van der Waals surface area contributed by atoms with Crippen molar-refractivity contribution < 1.29 is 27.1 Å². The van der Waals surface area contributed by atoms with Crippen molar-refractivity contribution in [3.8, 4) is 5.75 Å². The molecule has 0 aliphatic heterocycles. The maximum Gasteiger partial charge on any atom is 0.242 e. The molecule has 0 aliphatic carbocycles. The summed E-state index contributed by atoms with van der Waals surface area (Å²) < 4.78 is 44.3. The molecule has 0 aliphatic rings. The smallest absolute Gasteiger partial charge is 0.242 e. The first-order valence-corrected chi connectivity index (χ1v) is 13.2. The van der Waals surface area contributed by atoms with Crippen molar-refractivity contribution in [3.05, 3.63) is 59.9 Å². The average molecular weight is 508 g/mol. The van der Waals surface area contributed by atoms with Crippen molar-refractivity contribution in [3.63, 3.8) is 0 Å². The number of methoxy groups -OCH3 is 1. The van der Waals surface area contributed by atoms with Crippen molar-refractivity contribution in [2.75, 3.05) is 24.2 Å². The number of nitrogens with one attached hydrogen (secondary N) is 1. The van der Waals surface area contributed by atoms with Gasteiger partial charge in [-0.1, -0.05) is 12.1 Å². The van der Waals surface area contributed by atoms with Crippen LogP contribution < -0.4 is 14.4 Å². The van der Waals surface area contributed by atoms with Crippen molar-refractivity contribution in [1.82, 2.24) is 10.2 Å². The summed E-state index contributed by atoms with van der Waals surface area (Å²) in [6.45, 7) is 5.57. The van der Waals surface area contributed by atoms with Gasteiger partial charge in [-0.15, -0.1) is 0 Å². The zero-order valence-electron chi connectivity index (χ0n) is 20.8. The van der Waals surface area contributed by atoms with E-state index in [1.54, 1.807) is 26.2 Å². The molecule has 35 heavy (non-hydrogen) atoms. The number of rotatable bonds is 12. The molecule has 2 amide bonds. The van der Waals surface area contributed by atoms with Crippen molar-refractivity contribution in [2.24, 2.45) is 0 Å². The van der Waals surface area contributed by atoms with E-state index >= 15 is 0 Å². The number of sulfonamides is 1. The van der Waals surface area contributed by atoms with Crippen LogP contribution in [0.4, 0.5) is 10.1 Å². The molecule has 0 radical (unpaired) electrons. The maximum atomic E-state index is 13.3. The van der Waals surface area contributed by atoms with E-state index in [1.165, 1.54) is 29.2 Å². The molecule has 0 aromatic heterocycles. The van der Waals surface area contributed by atoms with Crippen molar-refractivity contribution in [1.29, 1.82) is 0 Å². The van der Waals surface area contributed by atoms with Gasteiger partial charge < -0.3 is 15.0 Å². The van der Waals surface area contributed by atoms with Gasteiger partial charge in [-0.2, -0.15) is 0 Å². The maximum absolute atomic E-state index is 13.3. The van der Waals surface area contributed by atoms with Gasteiger partial charge in [0.1, 0.15) is 17.6 Å². The van der Waals surface area contributed by atoms with Gasteiger partial charge >= 0.3 is 0 Å². The van der Waals surface area contributed by atoms with Crippen molar-refractivity contribution in [2.45, 2.75) is 52.2 Å². The van der Waals surface area contributed by atoms with Crippen LogP contribution in [-0.4, -0.2) is 57.1 Å². The highest BCUT2D eigenvalue weighted by Crippen LogP contribution is 2.20. The highest BCUT2D eigenvalue weighted by atomic mass is 32.2. The van der Waals surface area contributed by atoms with Crippen LogP contribution in [0.25, 0.3) is 0 Å². The topological polar surface area (TPSA) is 96.0 Å². The Morgan fingerprint density at radius 2 is 1.74 bits per heavy atom. The lowest BCUT2D eigenvalue weighted by Crippen LogP contribution is -2.49. The average Bonchev–Trinajstić information content (AvgIpc) is 2.79. The van der Waals surface area contributed by atoms with Gasteiger partial charge in [-0.05, 0) is 69.2 Å². The van der Waals surface area contributed by atoms with E-state index in [-0.39, 0.29) is 43.8 Å². The summed E-state index contributed by atoms with van der Waals surface area (Å²) in [4.78, 5) is 27.4. The molecule has 0 heterocycles. The predicted octanol–water partition coefficient (Wildman–Crippen LogP) is 3.32. The van der Waals surface area contributed by atoms with Gasteiger partial charge in [0.2, 0.25) is 21.8 Å². The third-order valence-electron chi connectivity index (χ3n) is 5.35. The van der Waals surface area contributed by atoms with Gasteiger partial charge in [-0.25, -0.2) is 12.8 Å². The van der Waals surface area contributed by atoms with Gasteiger partial charge in [0.15, 0.2) is 0 Å². The third-order valence-corrected chi connectivity index (χ3v) is 6.55. The zero-order valence-corrected chi connectivity index (χ0v) is 21.6. The lowest BCUT2D eigenvalue weighted by atomic mass is 10.1. The molecule has 0 saturated heterocycles. The number of amides is 2. The summed E-state index contributed by atoms with van der Waals surface area (Å²) in [5.41, 5.74) is 1.12. The molecule has 0 spiro atoms. The van der Waals surface area contributed by atoms with Gasteiger partial charge in [0.05, 0.1) is 19.1 Å². The monoisotopic (exact) mass is 507 g/mol. The molecule has 2 aromatic rings. The summed E-state index contributed by atoms with van der Waals surface area (Å²) in [5, 5.41) is 2.83. The summed E-state index contributed by atoms with van der Waals surface area (Å²) in [5.74, 6) is -0.399. The van der Waals surface area contributed by atoms with Crippen LogP contribution in [-0.2, 0) is 26.2 Å². The first-order valence-electron chi connectivity index (χ1n) is 11.4. The Bertz CT molecular complexity index is 1110. The number of hydrogen-bond acceptors (Lipinski definition) is 5. The van der Waals surface area contributed by atoms with Crippen LogP contribution in [0.15, 0.2) is 48.5 Å². The highest BCUT2D eigenvalue weighted by molar-refractivity contribution is 7.92. The lowest BCUT2D eigenvalue weighted by Gasteiger charge is -2.30. The zero-order chi connectivity index (χ0) is 26.2. The fourth-order valence-electron chi connectivity index (χ4n) is 3.57. The van der Waals surface area contributed by atoms with Gasteiger partial charge in [0.25, 0.3) is 0 Å². The Labute approximate surface area is 207 Å². The molecular weight excluding hydrogens is 473 g/mol. The van der Waals surface area contributed by atoms with Crippen LogP contribution in [0, 0.1) is 5.82 Å². The molecule has 2 aromatic carbocycles. The minimum atomic E-state index is -3.64. The van der Waals surface area contributed by atoms with E-state index in [2.05, 4.69) is 5.32 Å². The Morgan fingerprint density at radius 3 is 2.31 bits per heavy atom. The van der Waals surface area contributed by atoms with E-state index in [4.69, 9.17) is 4.74 Å². The van der Waals surface area contributed by atoms with Crippen LogP contribution in [0.1, 0.15) is 39.2 Å². The number of anilines is 1. The Morgan fingerprint density at radius 1 is 1.09 bits per heavy atom. The molecular formula is C25H34FN3O5S. The standard InChI is InChI=1S/C25H34FN3O5S/c1-18(2)27-25(31)19(3)28(17-20-8-6-9-23(16-20)34-4)24(30)10-7-15-29(35(5,32)33)22-13-11-21(26)12-14-22/h6,8-9,11-14,16,18-19H,7,10,15,17H2,1-5H3,(H,27,31)/t19-/m0/s1. The predicted molar refractivity (Wildman–Crippen MR) is 134 cm³/mol. The highest BCUT2D eigenvalue weighted by Gasteiger charge is 2.27. The molecule has 8 nitrogen and oxygen atoms in total.